The van der Waals surface area contributed by atoms with E-state index in [0.29, 0.717) is 36.6 Å². The van der Waals surface area contributed by atoms with Crippen LogP contribution in [0.25, 0.3) is 0 Å². The number of ether oxygens (including phenoxy) is 1. The second-order valence-corrected chi connectivity index (χ2v) is 8.73. The Morgan fingerprint density at radius 2 is 1.81 bits per heavy atom. The molecule has 1 saturated heterocycles. The summed E-state index contributed by atoms with van der Waals surface area (Å²) in [6.07, 6.45) is 1.32. The van der Waals surface area contributed by atoms with Gasteiger partial charge in [-0.1, -0.05) is 29.8 Å². The normalized spacial score (nSPS) is 17.2. The van der Waals surface area contributed by atoms with Gasteiger partial charge in [-0.3, -0.25) is 0 Å². The lowest BCUT2D eigenvalue weighted by Gasteiger charge is -2.38. The number of halogens is 2. The van der Waals surface area contributed by atoms with Gasteiger partial charge < -0.3 is 4.74 Å². The van der Waals surface area contributed by atoms with Crippen LogP contribution in [0.3, 0.4) is 0 Å². The number of sulfonamides is 1. The van der Waals surface area contributed by atoms with Crippen LogP contribution in [0.5, 0.6) is 0 Å². The van der Waals surface area contributed by atoms with Crippen molar-refractivity contribution in [3.05, 3.63) is 64.4 Å². The minimum Gasteiger partial charge on any atom is -0.381 e. The number of hydrogen-bond acceptors (Lipinski definition) is 3. The molecule has 0 unspecified atom stereocenters. The van der Waals surface area contributed by atoms with Crippen LogP contribution >= 0.6 is 11.6 Å². The van der Waals surface area contributed by atoms with E-state index in [1.807, 2.05) is 0 Å². The lowest BCUT2D eigenvalue weighted by Crippen LogP contribution is -2.44. The molecule has 2 aromatic rings. The van der Waals surface area contributed by atoms with Crippen molar-refractivity contribution in [2.24, 2.45) is 0 Å². The van der Waals surface area contributed by atoms with Crippen molar-refractivity contribution in [2.45, 2.75) is 30.1 Å². The van der Waals surface area contributed by atoms with E-state index < -0.39 is 15.4 Å². The molecule has 1 aliphatic rings. The largest absolute Gasteiger partial charge is 0.381 e. The first-order valence-corrected chi connectivity index (χ1v) is 10.3. The molecule has 0 saturated carbocycles. The molecule has 1 fully saturated rings. The summed E-state index contributed by atoms with van der Waals surface area (Å²) in [5.74, 6) is -0.314. The van der Waals surface area contributed by atoms with Gasteiger partial charge in [0.25, 0.3) is 0 Å². The highest BCUT2D eigenvalue weighted by Crippen LogP contribution is 2.35. The monoisotopic (exact) mass is 397 g/mol. The maximum atomic E-state index is 13.3. The fourth-order valence-corrected chi connectivity index (χ4v) is 4.95. The summed E-state index contributed by atoms with van der Waals surface area (Å²) in [7, 11) is -3.72. The van der Waals surface area contributed by atoms with E-state index in [4.69, 9.17) is 16.3 Å². The molecule has 0 spiro atoms. The number of hydrogen-bond donors (Lipinski definition) is 1. The van der Waals surface area contributed by atoms with Crippen molar-refractivity contribution < 1.29 is 17.5 Å². The molecule has 1 heterocycles. The Balaban J connectivity index is 1.88. The summed E-state index contributed by atoms with van der Waals surface area (Å²) in [4.78, 5) is 0.173. The van der Waals surface area contributed by atoms with Gasteiger partial charge in [-0.15, -0.1) is 0 Å². The first-order chi connectivity index (χ1) is 12.3. The van der Waals surface area contributed by atoms with Crippen molar-refractivity contribution in [2.75, 3.05) is 19.8 Å². The minimum absolute atomic E-state index is 0.173. The average molecular weight is 398 g/mol. The van der Waals surface area contributed by atoms with Crippen LogP contribution in [0, 0.1) is 12.7 Å². The van der Waals surface area contributed by atoms with Gasteiger partial charge >= 0.3 is 0 Å². The van der Waals surface area contributed by atoms with Crippen LogP contribution in [-0.2, 0) is 20.2 Å². The van der Waals surface area contributed by atoms with Gasteiger partial charge in [0.05, 0.1) is 4.90 Å². The predicted molar refractivity (Wildman–Crippen MR) is 99.5 cm³/mol. The van der Waals surface area contributed by atoms with E-state index in [1.165, 1.54) is 18.2 Å². The second-order valence-electron chi connectivity index (χ2n) is 6.59. The first-order valence-electron chi connectivity index (χ1n) is 8.43. The van der Waals surface area contributed by atoms with Gasteiger partial charge in [0.1, 0.15) is 5.82 Å². The van der Waals surface area contributed by atoms with Crippen LogP contribution < -0.4 is 4.72 Å². The Morgan fingerprint density at radius 1 is 1.15 bits per heavy atom. The molecule has 2 aromatic carbocycles. The fraction of sp³-hybridized carbons (Fsp3) is 0.368. The third-order valence-electron chi connectivity index (χ3n) is 5.01. The Hall–Kier alpha value is -1.47. The molecule has 140 valence electrons. The van der Waals surface area contributed by atoms with Gasteiger partial charge in [0, 0.05) is 30.2 Å². The van der Waals surface area contributed by atoms with Gasteiger partial charge in [-0.05, 0) is 55.2 Å². The highest BCUT2D eigenvalue weighted by molar-refractivity contribution is 7.89. The molecule has 0 bridgehead atoms. The van der Waals surface area contributed by atoms with Gasteiger partial charge in [-0.2, -0.15) is 0 Å². The van der Waals surface area contributed by atoms with Crippen molar-refractivity contribution in [3.63, 3.8) is 0 Å². The lowest BCUT2D eigenvalue weighted by atomic mass is 9.74. The van der Waals surface area contributed by atoms with Crippen LogP contribution in [0.2, 0.25) is 5.02 Å². The molecule has 1 N–H and O–H groups in total. The Labute approximate surface area is 158 Å². The zero-order valence-electron chi connectivity index (χ0n) is 14.5. The predicted octanol–water partition coefficient (Wildman–Crippen LogP) is 3.81. The molecule has 1 aliphatic heterocycles. The molecule has 7 heteroatoms. The maximum absolute atomic E-state index is 13.3. The van der Waals surface area contributed by atoms with E-state index in [-0.39, 0.29) is 17.3 Å². The number of benzene rings is 2. The molecule has 4 nitrogen and oxygen atoms in total. The molecule has 3 rings (SSSR count). The van der Waals surface area contributed by atoms with Crippen LogP contribution in [0.1, 0.15) is 24.0 Å². The molecule has 0 amide bonds. The van der Waals surface area contributed by atoms with E-state index in [9.17, 15) is 12.8 Å². The molecule has 0 aromatic heterocycles. The molecule has 26 heavy (non-hydrogen) atoms. The SMILES string of the molecule is Cc1c(Cl)cccc1S(=O)(=O)NCC1(c2ccc(F)cc2)CCOCC1. The van der Waals surface area contributed by atoms with E-state index in [1.54, 1.807) is 31.2 Å². The van der Waals surface area contributed by atoms with E-state index >= 15 is 0 Å². The van der Waals surface area contributed by atoms with Crippen molar-refractivity contribution in [1.29, 1.82) is 0 Å². The van der Waals surface area contributed by atoms with E-state index in [0.717, 1.165) is 5.56 Å². The highest BCUT2D eigenvalue weighted by atomic mass is 35.5. The first kappa shape index (κ1) is 19.3. The van der Waals surface area contributed by atoms with E-state index in [2.05, 4.69) is 4.72 Å². The third kappa shape index (κ3) is 3.93. The van der Waals surface area contributed by atoms with Gasteiger partial charge in [-0.25, -0.2) is 17.5 Å². The number of rotatable bonds is 5. The van der Waals surface area contributed by atoms with Gasteiger partial charge in [0.2, 0.25) is 10.0 Å². The summed E-state index contributed by atoms with van der Waals surface area (Å²) in [6.45, 7) is 2.97. The zero-order chi connectivity index (χ0) is 18.8. The van der Waals surface area contributed by atoms with Crippen LogP contribution in [-0.4, -0.2) is 28.2 Å². The summed E-state index contributed by atoms with van der Waals surface area (Å²) < 4.78 is 47.1. The minimum atomic E-state index is -3.72. The summed E-state index contributed by atoms with van der Waals surface area (Å²) in [6, 6.07) is 11.1. The third-order valence-corrected chi connectivity index (χ3v) is 6.97. The quantitative estimate of drug-likeness (QED) is 0.834. The number of nitrogens with one attached hydrogen (secondary N) is 1. The smallest absolute Gasteiger partial charge is 0.240 e. The van der Waals surface area contributed by atoms with Crippen molar-refractivity contribution >= 4 is 21.6 Å². The fourth-order valence-electron chi connectivity index (χ4n) is 3.32. The Bertz CT molecular complexity index is 878. The summed E-state index contributed by atoms with van der Waals surface area (Å²) in [5, 5.41) is 0.409. The standard InChI is InChI=1S/C19H21ClFNO3S/c1-14-17(20)3-2-4-18(14)26(23,24)22-13-19(9-11-25-12-10-19)15-5-7-16(21)8-6-15/h2-8,22H,9-13H2,1H3. The van der Waals surface area contributed by atoms with Crippen molar-refractivity contribution in [3.8, 4) is 0 Å². The molecule has 0 atom stereocenters. The Kier molecular flexibility index (Phi) is 5.67. The molecule has 0 aliphatic carbocycles. The second kappa shape index (κ2) is 7.64. The molecular formula is C19H21ClFNO3S. The Morgan fingerprint density at radius 3 is 2.46 bits per heavy atom. The summed E-state index contributed by atoms with van der Waals surface area (Å²) in [5.41, 5.74) is 1.00. The molecular weight excluding hydrogens is 377 g/mol. The topological polar surface area (TPSA) is 55.4 Å². The molecule has 0 radical (unpaired) electrons. The van der Waals surface area contributed by atoms with Gasteiger partial charge in [0.15, 0.2) is 0 Å². The highest BCUT2D eigenvalue weighted by Gasteiger charge is 2.36. The van der Waals surface area contributed by atoms with Crippen LogP contribution in [0.15, 0.2) is 47.4 Å². The summed E-state index contributed by atoms with van der Waals surface area (Å²) >= 11 is 6.06. The lowest BCUT2D eigenvalue weighted by molar-refractivity contribution is 0.0517. The zero-order valence-corrected chi connectivity index (χ0v) is 16.0. The maximum Gasteiger partial charge on any atom is 0.240 e. The average Bonchev–Trinajstić information content (AvgIpc) is 2.63. The van der Waals surface area contributed by atoms with Crippen molar-refractivity contribution in [1.82, 2.24) is 4.72 Å². The van der Waals surface area contributed by atoms with Crippen LogP contribution in [0.4, 0.5) is 4.39 Å².